The predicted molar refractivity (Wildman–Crippen MR) is 38.6 cm³/mol. The molecule has 4 heteroatoms. The van der Waals surface area contributed by atoms with Crippen LogP contribution in [0.5, 0.6) is 0 Å². The van der Waals surface area contributed by atoms with Crippen LogP contribution in [0.4, 0.5) is 4.79 Å². The molecule has 0 spiro atoms. The monoisotopic (exact) mass is 144 g/mol. The molecule has 0 unspecified atom stereocenters. The summed E-state index contributed by atoms with van der Waals surface area (Å²) in [6, 6.07) is 0. The summed E-state index contributed by atoms with van der Waals surface area (Å²) in [4.78, 5) is 14.2. The van der Waals surface area contributed by atoms with Gasteiger partial charge in [-0.1, -0.05) is 19.0 Å². The predicted octanol–water partition coefficient (Wildman–Crippen LogP) is 1.11. The number of amides is 1. The molecule has 0 saturated heterocycles. The van der Waals surface area contributed by atoms with E-state index in [0.29, 0.717) is 0 Å². The zero-order chi connectivity index (χ0) is 8.15. The van der Waals surface area contributed by atoms with E-state index in [1.807, 2.05) is 13.8 Å². The van der Waals surface area contributed by atoms with Gasteiger partial charge >= 0.3 is 6.09 Å². The maximum atomic E-state index is 10.0. The van der Waals surface area contributed by atoms with Gasteiger partial charge in [-0.2, -0.15) is 0 Å². The number of hydrogen-bond acceptors (Lipinski definition) is 3. The second-order valence-corrected chi connectivity index (χ2v) is 2.30. The van der Waals surface area contributed by atoms with E-state index in [1.165, 1.54) is 0 Å². The number of primary amides is 1. The van der Waals surface area contributed by atoms with Crippen LogP contribution >= 0.6 is 0 Å². The van der Waals surface area contributed by atoms with E-state index in [9.17, 15) is 4.79 Å². The van der Waals surface area contributed by atoms with Gasteiger partial charge in [0.2, 0.25) is 0 Å². The smallest absolute Gasteiger partial charge is 0.333 e. The normalized spacial score (nSPS) is 11.8. The number of carbonyl (C=O) groups is 1. The van der Waals surface area contributed by atoms with Crippen LogP contribution in [0.2, 0.25) is 0 Å². The van der Waals surface area contributed by atoms with Crippen molar-refractivity contribution in [2.45, 2.75) is 20.8 Å². The molecule has 0 heterocycles. The standard InChI is InChI=1S/C6H12N2O2/c1-4(2)5(3)8-10-6(7)9/h4H,1-3H3,(H2,7,9)/b8-5+. The largest absolute Gasteiger partial charge is 0.430 e. The van der Waals surface area contributed by atoms with E-state index in [2.05, 4.69) is 15.7 Å². The Balaban J connectivity index is 3.80. The van der Waals surface area contributed by atoms with Crippen LogP contribution in [-0.2, 0) is 4.84 Å². The van der Waals surface area contributed by atoms with Crippen molar-refractivity contribution < 1.29 is 9.63 Å². The molecule has 0 saturated carbocycles. The molecule has 0 atom stereocenters. The van der Waals surface area contributed by atoms with Gasteiger partial charge in [0, 0.05) is 0 Å². The van der Waals surface area contributed by atoms with Crippen molar-refractivity contribution in [3.05, 3.63) is 0 Å². The molecule has 4 nitrogen and oxygen atoms in total. The van der Waals surface area contributed by atoms with Gasteiger partial charge in [0.05, 0.1) is 5.71 Å². The highest BCUT2D eigenvalue weighted by molar-refractivity contribution is 5.83. The SMILES string of the molecule is C/C(=N\OC(N)=O)C(C)C. The first-order valence-electron chi connectivity index (χ1n) is 3.05. The third kappa shape index (κ3) is 3.88. The molecule has 0 fully saturated rings. The molecule has 0 aliphatic heterocycles. The molecular formula is C6H12N2O2. The number of rotatable bonds is 2. The number of carbonyl (C=O) groups excluding carboxylic acids is 1. The Labute approximate surface area is 60.0 Å². The zero-order valence-corrected chi connectivity index (χ0v) is 6.42. The van der Waals surface area contributed by atoms with Crippen molar-refractivity contribution in [2.75, 3.05) is 0 Å². The molecule has 1 amide bonds. The topological polar surface area (TPSA) is 64.7 Å². The molecule has 0 aromatic heterocycles. The van der Waals surface area contributed by atoms with Gasteiger partial charge in [-0.3, -0.25) is 4.84 Å². The summed E-state index contributed by atoms with van der Waals surface area (Å²) >= 11 is 0. The van der Waals surface area contributed by atoms with Gasteiger partial charge in [-0.05, 0) is 12.8 Å². The summed E-state index contributed by atoms with van der Waals surface area (Å²) in [6.07, 6.45) is -0.875. The Morgan fingerprint density at radius 1 is 1.60 bits per heavy atom. The summed E-state index contributed by atoms with van der Waals surface area (Å²) in [5, 5.41) is 3.47. The number of nitrogens with two attached hydrogens (primary N) is 1. The van der Waals surface area contributed by atoms with Crippen LogP contribution in [0.15, 0.2) is 5.16 Å². The Morgan fingerprint density at radius 3 is 2.40 bits per heavy atom. The van der Waals surface area contributed by atoms with Crippen molar-refractivity contribution in [2.24, 2.45) is 16.8 Å². The summed E-state index contributed by atoms with van der Waals surface area (Å²) < 4.78 is 0. The summed E-state index contributed by atoms with van der Waals surface area (Å²) in [5.41, 5.74) is 5.42. The van der Waals surface area contributed by atoms with Gasteiger partial charge < -0.3 is 5.73 Å². The van der Waals surface area contributed by atoms with Crippen LogP contribution in [0, 0.1) is 5.92 Å². The van der Waals surface area contributed by atoms with Gasteiger partial charge in [0.25, 0.3) is 0 Å². The first-order valence-corrected chi connectivity index (χ1v) is 3.05. The second kappa shape index (κ2) is 3.87. The average Bonchev–Trinajstić information content (AvgIpc) is 1.82. The maximum absolute atomic E-state index is 10.0. The Morgan fingerprint density at radius 2 is 2.10 bits per heavy atom. The van der Waals surface area contributed by atoms with Gasteiger partial charge in [-0.15, -0.1) is 0 Å². The van der Waals surface area contributed by atoms with E-state index in [4.69, 9.17) is 0 Å². The highest BCUT2D eigenvalue weighted by Crippen LogP contribution is 1.95. The zero-order valence-electron chi connectivity index (χ0n) is 6.42. The lowest BCUT2D eigenvalue weighted by Crippen LogP contribution is -2.12. The van der Waals surface area contributed by atoms with Gasteiger partial charge in [-0.25, -0.2) is 4.79 Å². The molecule has 0 rings (SSSR count). The fraction of sp³-hybridized carbons (Fsp3) is 0.667. The summed E-state index contributed by atoms with van der Waals surface area (Å²) in [6.45, 7) is 5.67. The Bertz CT molecular complexity index is 152. The highest BCUT2D eigenvalue weighted by Gasteiger charge is 1.98. The van der Waals surface area contributed by atoms with Crippen LogP contribution in [0.3, 0.4) is 0 Å². The fourth-order valence-electron chi connectivity index (χ4n) is 0.222. The minimum atomic E-state index is -0.875. The van der Waals surface area contributed by atoms with Crippen LogP contribution in [-0.4, -0.2) is 11.8 Å². The highest BCUT2D eigenvalue weighted by atomic mass is 16.7. The third-order valence-electron chi connectivity index (χ3n) is 1.12. The molecule has 0 aliphatic rings. The van der Waals surface area contributed by atoms with Crippen molar-refractivity contribution >= 4 is 11.8 Å². The lowest BCUT2D eigenvalue weighted by molar-refractivity contribution is 0.161. The molecule has 0 aliphatic carbocycles. The van der Waals surface area contributed by atoms with Gasteiger partial charge in [0.1, 0.15) is 0 Å². The third-order valence-corrected chi connectivity index (χ3v) is 1.12. The quantitative estimate of drug-likeness (QED) is 0.358. The Kier molecular flexibility index (Phi) is 3.46. The van der Waals surface area contributed by atoms with Crippen LogP contribution in [0.1, 0.15) is 20.8 Å². The fourth-order valence-corrected chi connectivity index (χ4v) is 0.222. The summed E-state index contributed by atoms with van der Waals surface area (Å²) in [5.74, 6) is 0.277. The number of oxime groups is 1. The maximum Gasteiger partial charge on any atom is 0.430 e. The minimum absolute atomic E-state index is 0.277. The minimum Gasteiger partial charge on any atom is -0.333 e. The molecule has 10 heavy (non-hydrogen) atoms. The molecule has 0 radical (unpaired) electrons. The number of nitrogens with zero attached hydrogens (tertiary/aromatic N) is 1. The molecule has 0 aromatic carbocycles. The van der Waals surface area contributed by atoms with E-state index in [1.54, 1.807) is 6.92 Å². The van der Waals surface area contributed by atoms with Crippen LogP contribution in [0.25, 0.3) is 0 Å². The van der Waals surface area contributed by atoms with Crippen molar-refractivity contribution in [1.29, 1.82) is 0 Å². The molecular weight excluding hydrogens is 132 g/mol. The van der Waals surface area contributed by atoms with E-state index in [-0.39, 0.29) is 5.92 Å². The van der Waals surface area contributed by atoms with E-state index < -0.39 is 6.09 Å². The van der Waals surface area contributed by atoms with E-state index in [0.717, 1.165) is 5.71 Å². The average molecular weight is 144 g/mol. The molecule has 0 aromatic rings. The number of hydrogen-bond donors (Lipinski definition) is 1. The van der Waals surface area contributed by atoms with E-state index >= 15 is 0 Å². The lowest BCUT2D eigenvalue weighted by Gasteiger charge is -2.00. The molecule has 0 bridgehead atoms. The first kappa shape index (κ1) is 8.94. The van der Waals surface area contributed by atoms with Gasteiger partial charge in [0.15, 0.2) is 0 Å². The van der Waals surface area contributed by atoms with Crippen molar-refractivity contribution in [1.82, 2.24) is 0 Å². The molecule has 58 valence electrons. The lowest BCUT2D eigenvalue weighted by atomic mass is 10.1. The van der Waals surface area contributed by atoms with Crippen molar-refractivity contribution in [3.8, 4) is 0 Å². The van der Waals surface area contributed by atoms with Crippen molar-refractivity contribution in [3.63, 3.8) is 0 Å². The second-order valence-electron chi connectivity index (χ2n) is 2.30. The van der Waals surface area contributed by atoms with Crippen LogP contribution < -0.4 is 5.73 Å². The Hall–Kier alpha value is -1.06. The molecule has 2 N–H and O–H groups in total. The first-order chi connectivity index (χ1) is 4.54. The summed E-state index contributed by atoms with van der Waals surface area (Å²) in [7, 11) is 0.